The molecule has 3 nitrogen and oxygen atoms in total. The molecular formula is C12H15NO2. The smallest absolute Gasteiger partial charge is 0.120 e. The molecule has 0 aliphatic heterocycles. The second-order valence-corrected chi connectivity index (χ2v) is 3.34. The number of aliphatic hydroxyl groups is 1. The second kappa shape index (κ2) is 6.05. The standard InChI is InChI=1S/C12H15NO2/c1-2-3-4-15-12-6-10(8-13)5-11(7-12)9-14/h5-7,14H,2-4,9H2,1H3. The molecule has 0 saturated carbocycles. The van der Waals surface area contributed by atoms with E-state index in [4.69, 9.17) is 15.1 Å². The van der Waals surface area contributed by atoms with Crippen LogP contribution in [0.4, 0.5) is 0 Å². The molecule has 1 rings (SSSR count). The van der Waals surface area contributed by atoms with Gasteiger partial charge in [0.1, 0.15) is 5.75 Å². The van der Waals surface area contributed by atoms with Gasteiger partial charge in [-0.25, -0.2) is 0 Å². The van der Waals surface area contributed by atoms with E-state index in [0.29, 0.717) is 23.5 Å². The Bertz CT molecular complexity index is 355. The first kappa shape index (κ1) is 11.5. The zero-order valence-corrected chi connectivity index (χ0v) is 8.86. The van der Waals surface area contributed by atoms with Gasteiger partial charge >= 0.3 is 0 Å². The lowest BCUT2D eigenvalue weighted by molar-refractivity contribution is 0.278. The van der Waals surface area contributed by atoms with Crippen LogP contribution in [0.2, 0.25) is 0 Å². The summed E-state index contributed by atoms with van der Waals surface area (Å²) in [6, 6.07) is 7.15. The Morgan fingerprint density at radius 1 is 1.40 bits per heavy atom. The highest BCUT2D eigenvalue weighted by atomic mass is 16.5. The van der Waals surface area contributed by atoms with Gasteiger partial charge in [0.05, 0.1) is 24.8 Å². The van der Waals surface area contributed by atoms with E-state index in [1.165, 1.54) is 0 Å². The number of hydrogen-bond donors (Lipinski definition) is 1. The molecular weight excluding hydrogens is 190 g/mol. The number of ether oxygens (including phenoxy) is 1. The van der Waals surface area contributed by atoms with E-state index in [0.717, 1.165) is 12.8 Å². The second-order valence-electron chi connectivity index (χ2n) is 3.34. The summed E-state index contributed by atoms with van der Waals surface area (Å²) in [5, 5.41) is 17.8. The quantitative estimate of drug-likeness (QED) is 0.750. The number of nitriles is 1. The largest absolute Gasteiger partial charge is 0.494 e. The fourth-order valence-corrected chi connectivity index (χ4v) is 1.23. The van der Waals surface area contributed by atoms with Gasteiger partial charge in [0.2, 0.25) is 0 Å². The minimum atomic E-state index is -0.0698. The van der Waals surface area contributed by atoms with Crippen molar-refractivity contribution >= 4 is 0 Å². The molecule has 1 aromatic rings. The number of benzene rings is 1. The molecule has 0 aliphatic carbocycles. The van der Waals surface area contributed by atoms with Gasteiger partial charge in [-0.05, 0) is 30.2 Å². The van der Waals surface area contributed by atoms with Crippen LogP contribution in [0.15, 0.2) is 18.2 Å². The van der Waals surface area contributed by atoms with Crippen molar-refractivity contribution in [1.29, 1.82) is 5.26 Å². The average Bonchev–Trinajstić information content (AvgIpc) is 2.29. The first-order valence-corrected chi connectivity index (χ1v) is 5.08. The highest BCUT2D eigenvalue weighted by Gasteiger charge is 2.00. The third-order valence-electron chi connectivity index (χ3n) is 2.04. The predicted octanol–water partition coefficient (Wildman–Crippen LogP) is 2.23. The van der Waals surface area contributed by atoms with Crippen LogP contribution in [-0.4, -0.2) is 11.7 Å². The summed E-state index contributed by atoms with van der Waals surface area (Å²) in [7, 11) is 0. The molecule has 3 heteroatoms. The number of rotatable bonds is 5. The van der Waals surface area contributed by atoms with Gasteiger partial charge in [-0.3, -0.25) is 0 Å². The zero-order valence-electron chi connectivity index (χ0n) is 8.86. The third-order valence-corrected chi connectivity index (χ3v) is 2.04. The maximum Gasteiger partial charge on any atom is 0.120 e. The Morgan fingerprint density at radius 2 is 2.20 bits per heavy atom. The minimum absolute atomic E-state index is 0.0698. The molecule has 0 aliphatic rings. The van der Waals surface area contributed by atoms with Crippen molar-refractivity contribution in [3.8, 4) is 11.8 Å². The molecule has 80 valence electrons. The number of unbranched alkanes of at least 4 members (excludes halogenated alkanes) is 1. The van der Waals surface area contributed by atoms with Crippen LogP contribution in [0.25, 0.3) is 0 Å². The number of aliphatic hydroxyl groups excluding tert-OH is 1. The Morgan fingerprint density at radius 3 is 2.80 bits per heavy atom. The molecule has 0 atom stereocenters. The summed E-state index contributed by atoms with van der Waals surface area (Å²) in [5.74, 6) is 0.659. The lowest BCUT2D eigenvalue weighted by atomic mass is 10.1. The van der Waals surface area contributed by atoms with Crippen molar-refractivity contribution in [2.24, 2.45) is 0 Å². The predicted molar refractivity (Wildman–Crippen MR) is 57.5 cm³/mol. The molecule has 0 heterocycles. The van der Waals surface area contributed by atoms with Crippen LogP contribution in [-0.2, 0) is 6.61 Å². The van der Waals surface area contributed by atoms with Gasteiger partial charge in [-0.2, -0.15) is 5.26 Å². The van der Waals surface area contributed by atoms with Crippen LogP contribution in [0.1, 0.15) is 30.9 Å². The van der Waals surface area contributed by atoms with E-state index in [-0.39, 0.29) is 6.61 Å². The van der Waals surface area contributed by atoms with Crippen molar-refractivity contribution in [1.82, 2.24) is 0 Å². The topological polar surface area (TPSA) is 53.2 Å². The van der Waals surface area contributed by atoms with Crippen molar-refractivity contribution in [3.63, 3.8) is 0 Å². The molecule has 1 aromatic carbocycles. The Kier molecular flexibility index (Phi) is 4.65. The van der Waals surface area contributed by atoms with Gasteiger partial charge in [-0.1, -0.05) is 13.3 Å². The molecule has 0 unspecified atom stereocenters. The van der Waals surface area contributed by atoms with E-state index in [1.54, 1.807) is 18.2 Å². The van der Waals surface area contributed by atoms with Crippen molar-refractivity contribution in [2.45, 2.75) is 26.4 Å². The van der Waals surface area contributed by atoms with Crippen LogP contribution in [0, 0.1) is 11.3 Å². The normalized spacial score (nSPS) is 9.67. The fraction of sp³-hybridized carbons (Fsp3) is 0.417. The Hall–Kier alpha value is -1.53. The Labute approximate surface area is 89.9 Å². The van der Waals surface area contributed by atoms with E-state index in [2.05, 4.69) is 6.92 Å². The van der Waals surface area contributed by atoms with Crippen LogP contribution >= 0.6 is 0 Å². The summed E-state index contributed by atoms with van der Waals surface area (Å²) in [6.07, 6.45) is 2.07. The lowest BCUT2D eigenvalue weighted by Crippen LogP contribution is -1.98. The summed E-state index contributed by atoms with van der Waals surface area (Å²) in [4.78, 5) is 0. The van der Waals surface area contributed by atoms with Gasteiger partial charge in [0, 0.05) is 0 Å². The molecule has 0 bridgehead atoms. The van der Waals surface area contributed by atoms with Gasteiger partial charge in [0.25, 0.3) is 0 Å². The van der Waals surface area contributed by atoms with Crippen molar-refractivity contribution < 1.29 is 9.84 Å². The van der Waals surface area contributed by atoms with Gasteiger partial charge in [-0.15, -0.1) is 0 Å². The van der Waals surface area contributed by atoms with E-state index < -0.39 is 0 Å². The van der Waals surface area contributed by atoms with Crippen LogP contribution in [0.5, 0.6) is 5.75 Å². The van der Waals surface area contributed by atoms with Gasteiger partial charge < -0.3 is 9.84 Å². The van der Waals surface area contributed by atoms with Crippen LogP contribution < -0.4 is 4.74 Å². The van der Waals surface area contributed by atoms with E-state index >= 15 is 0 Å². The molecule has 0 fully saturated rings. The first-order valence-electron chi connectivity index (χ1n) is 5.08. The SMILES string of the molecule is CCCCOc1cc(C#N)cc(CO)c1. The molecule has 15 heavy (non-hydrogen) atoms. The first-order chi connectivity index (χ1) is 7.30. The summed E-state index contributed by atoms with van der Waals surface area (Å²) in [5.41, 5.74) is 1.23. The molecule has 0 radical (unpaired) electrons. The summed E-state index contributed by atoms with van der Waals surface area (Å²) < 4.78 is 5.47. The molecule has 0 spiro atoms. The highest BCUT2D eigenvalue weighted by Crippen LogP contribution is 2.17. The average molecular weight is 205 g/mol. The lowest BCUT2D eigenvalue weighted by Gasteiger charge is -2.07. The summed E-state index contributed by atoms with van der Waals surface area (Å²) in [6.45, 7) is 2.67. The Balaban J connectivity index is 2.74. The monoisotopic (exact) mass is 205 g/mol. The van der Waals surface area contributed by atoms with E-state index in [9.17, 15) is 0 Å². The van der Waals surface area contributed by atoms with Gasteiger partial charge in [0.15, 0.2) is 0 Å². The number of nitrogens with zero attached hydrogens (tertiary/aromatic N) is 1. The molecule has 0 saturated heterocycles. The maximum atomic E-state index is 8.99. The third kappa shape index (κ3) is 3.61. The van der Waals surface area contributed by atoms with Crippen molar-refractivity contribution in [2.75, 3.05) is 6.61 Å². The van der Waals surface area contributed by atoms with Crippen LogP contribution in [0.3, 0.4) is 0 Å². The van der Waals surface area contributed by atoms with E-state index in [1.807, 2.05) is 6.07 Å². The molecule has 0 amide bonds. The maximum absolute atomic E-state index is 8.99. The zero-order chi connectivity index (χ0) is 11.1. The fourth-order valence-electron chi connectivity index (χ4n) is 1.23. The molecule has 1 N–H and O–H groups in total. The van der Waals surface area contributed by atoms with Crippen molar-refractivity contribution in [3.05, 3.63) is 29.3 Å². The molecule has 0 aromatic heterocycles. The highest BCUT2D eigenvalue weighted by molar-refractivity contribution is 5.40. The minimum Gasteiger partial charge on any atom is -0.494 e. The number of hydrogen-bond acceptors (Lipinski definition) is 3. The summed E-state index contributed by atoms with van der Waals surface area (Å²) >= 11 is 0.